The van der Waals surface area contributed by atoms with Gasteiger partial charge in [0.05, 0.1) is 6.42 Å². The van der Waals surface area contributed by atoms with Crippen molar-refractivity contribution >= 4 is 16.8 Å². The van der Waals surface area contributed by atoms with Gasteiger partial charge in [0.15, 0.2) is 0 Å². The molecule has 162 valence electrons. The number of nitrogens with one attached hydrogen (secondary N) is 1. The molecule has 4 heteroatoms. The summed E-state index contributed by atoms with van der Waals surface area (Å²) in [6, 6.07) is 23.1. The highest BCUT2D eigenvalue weighted by atomic mass is 16.2. The number of aryl methyl sites for hydroxylation is 1. The lowest BCUT2D eigenvalue weighted by atomic mass is 9.93. The van der Waals surface area contributed by atoms with Gasteiger partial charge in [0, 0.05) is 53.9 Å². The summed E-state index contributed by atoms with van der Waals surface area (Å²) < 4.78 is 0. The lowest BCUT2D eigenvalue weighted by Crippen LogP contribution is -2.40. The second kappa shape index (κ2) is 8.99. The van der Waals surface area contributed by atoms with Gasteiger partial charge in [0.1, 0.15) is 0 Å². The first kappa shape index (κ1) is 20.5. The summed E-state index contributed by atoms with van der Waals surface area (Å²) in [5, 5.41) is 1.14. The minimum atomic E-state index is 0.204. The number of pyridine rings is 1. The Labute approximate surface area is 189 Å². The van der Waals surface area contributed by atoms with Crippen LogP contribution in [0.15, 0.2) is 72.9 Å². The zero-order chi connectivity index (χ0) is 21.9. The normalized spacial score (nSPS) is 16.4. The molecular formula is C28H29N3O. The molecule has 1 unspecified atom stereocenters. The van der Waals surface area contributed by atoms with Crippen molar-refractivity contribution in [2.45, 2.75) is 38.5 Å². The van der Waals surface area contributed by atoms with Crippen LogP contribution in [-0.4, -0.2) is 33.9 Å². The van der Waals surface area contributed by atoms with E-state index in [9.17, 15) is 4.79 Å². The van der Waals surface area contributed by atoms with Crippen LogP contribution in [0.4, 0.5) is 0 Å². The number of nitrogens with zero attached hydrogens (tertiary/aromatic N) is 2. The van der Waals surface area contributed by atoms with Crippen LogP contribution in [0.3, 0.4) is 0 Å². The molecule has 0 aliphatic carbocycles. The van der Waals surface area contributed by atoms with Gasteiger partial charge >= 0.3 is 0 Å². The number of piperidine rings is 1. The van der Waals surface area contributed by atoms with Gasteiger partial charge in [-0.15, -0.1) is 0 Å². The predicted octanol–water partition coefficient (Wildman–Crippen LogP) is 5.41. The highest BCUT2D eigenvalue weighted by Gasteiger charge is 2.26. The first-order valence-corrected chi connectivity index (χ1v) is 11.5. The fourth-order valence-corrected chi connectivity index (χ4v) is 4.85. The largest absolute Gasteiger partial charge is 0.361 e. The van der Waals surface area contributed by atoms with Gasteiger partial charge in [-0.05, 0) is 49.1 Å². The molecule has 3 heterocycles. The van der Waals surface area contributed by atoms with Gasteiger partial charge in [0.25, 0.3) is 0 Å². The number of carbonyl (C=O) groups excluding carboxylic acids is 1. The molecule has 0 radical (unpaired) electrons. The standard InChI is InChI=1S/C28H29N3O/c1-20-7-4-8-21(15-20)16-24-10-5-13-26(30-24)22-9-6-14-31(19-22)28(32)17-23-18-29-27-12-3-2-11-25(23)27/h2-5,7-8,10-13,15,18,22,29H,6,9,14,16-17,19H2,1H3. The molecule has 1 aliphatic heterocycles. The molecule has 1 atom stereocenters. The molecule has 5 rings (SSSR count). The lowest BCUT2D eigenvalue weighted by molar-refractivity contribution is -0.131. The van der Waals surface area contributed by atoms with E-state index in [-0.39, 0.29) is 5.91 Å². The number of likely N-dealkylation sites (tertiary alicyclic amines) is 1. The van der Waals surface area contributed by atoms with E-state index in [0.717, 1.165) is 60.2 Å². The van der Waals surface area contributed by atoms with Gasteiger partial charge in [-0.25, -0.2) is 0 Å². The molecule has 1 N–H and O–H groups in total. The predicted molar refractivity (Wildman–Crippen MR) is 129 cm³/mol. The Hall–Kier alpha value is -3.40. The molecule has 4 aromatic rings. The Balaban J connectivity index is 1.28. The Morgan fingerprint density at radius 3 is 2.88 bits per heavy atom. The van der Waals surface area contributed by atoms with Crippen LogP contribution in [0.5, 0.6) is 0 Å². The number of rotatable bonds is 5. The van der Waals surface area contributed by atoms with E-state index in [2.05, 4.69) is 66.5 Å². The third-order valence-electron chi connectivity index (χ3n) is 6.50. The SMILES string of the molecule is Cc1cccc(Cc2cccc(C3CCCN(C(=O)Cc4c[nH]c5ccccc45)C3)n2)c1. The Morgan fingerprint density at radius 1 is 1.09 bits per heavy atom. The zero-order valence-electron chi connectivity index (χ0n) is 18.6. The fraction of sp³-hybridized carbons (Fsp3) is 0.286. The molecule has 1 saturated heterocycles. The van der Waals surface area contributed by atoms with Crippen LogP contribution < -0.4 is 0 Å². The lowest BCUT2D eigenvalue weighted by Gasteiger charge is -2.32. The molecule has 0 saturated carbocycles. The summed E-state index contributed by atoms with van der Waals surface area (Å²) in [5.41, 5.74) is 6.92. The molecule has 1 fully saturated rings. The highest BCUT2D eigenvalue weighted by Crippen LogP contribution is 2.27. The second-order valence-electron chi connectivity index (χ2n) is 8.93. The van der Waals surface area contributed by atoms with Crippen LogP contribution in [0.2, 0.25) is 0 Å². The Kier molecular flexibility index (Phi) is 5.76. The number of hydrogen-bond acceptors (Lipinski definition) is 2. The number of carbonyl (C=O) groups is 1. The summed E-state index contributed by atoms with van der Waals surface area (Å²) in [7, 11) is 0. The minimum Gasteiger partial charge on any atom is -0.361 e. The molecular weight excluding hydrogens is 394 g/mol. The molecule has 2 aromatic carbocycles. The van der Waals surface area contributed by atoms with E-state index in [4.69, 9.17) is 4.98 Å². The first-order valence-electron chi connectivity index (χ1n) is 11.5. The molecule has 2 aromatic heterocycles. The van der Waals surface area contributed by atoms with Crippen molar-refractivity contribution < 1.29 is 4.79 Å². The zero-order valence-corrected chi connectivity index (χ0v) is 18.6. The third-order valence-corrected chi connectivity index (χ3v) is 6.50. The van der Waals surface area contributed by atoms with E-state index in [1.54, 1.807) is 0 Å². The molecule has 0 bridgehead atoms. The number of aromatic nitrogens is 2. The van der Waals surface area contributed by atoms with Gasteiger partial charge in [-0.2, -0.15) is 0 Å². The Morgan fingerprint density at radius 2 is 1.97 bits per heavy atom. The summed E-state index contributed by atoms with van der Waals surface area (Å²) in [6.07, 6.45) is 5.36. The number of fused-ring (bicyclic) bond motifs is 1. The third kappa shape index (κ3) is 4.45. The summed E-state index contributed by atoms with van der Waals surface area (Å²) >= 11 is 0. The van der Waals surface area contributed by atoms with Crippen LogP contribution in [0, 0.1) is 6.92 Å². The monoisotopic (exact) mass is 423 g/mol. The summed E-state index contributed by atoms with van der Waals surface area (Å²) in [5.74, 6) is 0.503. The average molecular weight is 424 g/mol. The fourth-order valence-electron chi connectivity index (χ4n) is 4.85. The van der Waals surface area contributed by atoms with E-state index >= 15 is 0 Å². The molecule has 1 aliphatic rings. The number of benzene rings is 2. The maximum absolute atomic E-state index is 13.1. The van der Waals surface area contributed by atoms with Crippen LogP contribution in [0.25, 0.3) is 10.9 Å². The van der Waals surface area contributed by atoms with Crippen molar-refractivity contribution in [3.8, 4) is 0 Å². The summed E-state index contributed by atoms with van der Waals surface area (Å²) in [4.78, 5) is 23.4. The van der Waals surface area contributed by atoms with E-state index < -0.39 is 0 Å². The van der Waals surface area contributed by atoms with Crippen molar-refractivity contribution in [1.29, 1.82) is 0 Å². The quantitative estimate of drug-likeness (QED) is 0.466. The second-order valence-corrected chi connectivity index (χ2v) is 8.93. The number of hydrogen-bond donors (Lipinski definition) is 1. The number of amides is 1. The number of H-pyrrole nitrogens is 1. The van der Waals surface area contributed by atoms with Crippen molar-refractivity contribution in [1.82, 2.24) is 14.9 Å². The van der Waals surface area contributed by atoms with E-state index in [0.29, 0.717) is 12.3 Å². The van der Waals surface area contributed by atoms with E-state index in [1.165, 1.54) is 11.1 Å². The molecule has 32 heavy (non-hydrogen) atoms. The molecule has 1 amide bonds. The maximum Gasteiger partial charge on any atom is 0.227 e. The van der Waals surface area contributed by atoms with Gasteiger partial charge in [-0.1, -0.05) is 54.1 Å². The smallest absolute Gasteiger partial charge is 0.227 e. The van der Waals surface area contributed by atoms with Crippen molar-refractivity contribution in [3.63, 3.8) is 0 Å². The van der Waals surface area contributed by atoms with Gasteiger partial charge in [0.2, 0.25) is 5.91 Å². The van der Waals surface area contributed by atoms with Gasteiger partial charge < -0.3 is 9.88 Å². The van der Waals surface area contributed by atoms with Crippen LogP contribution in [-0.2, 0) is 17.6 Å². The maximum atomic E-state index is 13.1. The Bertz CT molecular complexity index is 1240. The van der Waals surface area contributed by atoms with Gasteiger partial charge in [-0.3, -0.25) is 9.78 Å². The molecule has 4 nitrogen and oxygen atoms in total. The number of aromatic amines is 1. The highest BCUT2D eigenvalue weighted by molar-refractivity contribution is 5.88. The molecule has 0 spiro atoms. The van der Waals surface area contributed by atoms with E-state index in [1.807, 2.05) is 23.2 Å². The number of para-hydroxylation sites is 1. The van der Waals surface area contributed by atoms with Crippen molar-refractivity contribution in [2.75, 3.05) is 13.1 Å². The van der Waals surface area contributed by atoms with Crippen molar-refractivity contribution in [3.05, 3.63) is 101 Å². The van der Waals surface area contributed by atoms with Crippen LogP contribution in [0.1, 0.15) is 46.8 Å². The average Bonchev–Trinajstić information content (AvgIpc) is 3.22. The van der Waals surface area contributed by atoms with Crippen LogP contribution >= 0.6 is 0 Å². The summed E-state index contributed by atoms with van der Waals surface area (Å²) in [6.45, 7) is 3.71. The minimum absolute atomic E-state index is 0.204. The topological polar surface area (TPSA) is 49.0 Å². The first-order chi connectivity index (χ1) is 15.7. The van der Waals surface area contributed by atoms with Crippen molar-refractivity contribution in [2.24, 2.45) is 0 Å².